The molecule has 0 unspecified atom stereocenters. The molecule has 134 valence electrons. The van der Waals surface area contributed by atoms with Crippen LogP contribution in [0.2, 0.25) is 0 Å². The molecule has 2 aromatic rings. The van der Waals surface area contributed by atoms with E-state index in [0.717, 1.165) is 36.7 Å². The summed E-state index contributed by atoms with van der Waals surface area (Å²) < 4.78 is 30.3. The van der Waals surface area contributed by atoms with Crippen LogP contribution < -0.4 is 0 Å². The van der Waals surface area contributed by atoms with Crippen LogP contribution in [0.3, 0.4) is 0 Å². The van der Waals surface area contributed by atoms with Crippen molar-refractivity contribution in [2.45, 2.75) is 32.1 Å². The third-order valence-electron chi connectivity index (χ3n) is 5.17. The third kappa shape index (κ3) is 3.63. The number of aryl methyl sites for hydroxylation is 1. The van der Waals surface area contributed by atoms with Crippen molar-refractivity contribution >= 4 is 9.84 Å². The average Bonchev–Trinajstić information content (AvgIpc) is 3.13. The van der Waals surface area contributed by atoms with Crippen molar-refractivity contribution in [1.29, 1.82) is 0 Å². The van der Waals surface area contributed by atoms with E-state index in [1.165, 1.54) is 0 Å². The Labute approximate surface area is 148 Å². The molecule has 0 radical (unpaired) electrons. The number of hydrogen-bond acceptors (Lipinski definition) is 6. The van der Waals surface area contributed by atoms with Crippen LogP contribution in [0.1, 0.15) is 17.1 Å². The number of rotatable bonds is 4. The van der Waals surface area contributed by atoms with Crippen LogP contribution in [0, 0.1) is 6.92 Å². The van der Waals surface area contributed by atoms with E-state index < -0.39 is 9.84 Å². The fraction of sp³-hybridized carbons (Fsp3) is 0.500. The van der Waals surface area contributed by atoms with Gasteiger partial charge in [-0.2, -0.15) is 0 Å². The molecule has 2 aliphatic heterocycles. The van der Waals surface area contributed by atoms with E-state index in [9.17, 15) is 8.42 Å². The summed E-state index contributed by atoms with van der Waals surface area (Å²) in [6.07, 6.45) is 3.62. The molecule has 7 heteroatoms. The molecule has 2 saturated heterocycles. The van der Waals surface area contributed by atoms with E-state index in [1.54, 1.807) is 6.20 Å². The summed E-state index contributed by atoms with van der Waals surface area (Å²) in [6, 6.07) is 7.97. The maximum absolute atomic E-state index is 12.3. The van der Waals surface area contributed by atoms with Gasteiger partial charge in [0.2, 0.25) is 0 Å². The molecule has 0 saturated carbocycles. The van der Waals surface area contributed by atoms with Crippen LogP contribution in [0.25, 0.3) is 0 Å². The summed E-state index contributed by atoms with van der Waals surface area (Å²) in [5.74, 6) is 2.27. The smallest absolute Gasteiger partial charge is 0.153 e. The SMILES string of the molecule is Cc1ccc(CN2CCN(Cc3cccnc3)[C@@H]3CS(=O)(=O)C[C@@H]32)o1. The van der Waals surface area contributed by atoms with Crippen LogP contribution in [0.5, 0.6) is 0 Å². The Balaban J connectivity index is 1.53. The van der Waals surface area contributed by atoms with Crippen molar-refractivity contribution in [3.05, 3.63) is 53.7 Å². The number of piperazine rings is 1. The zero-order chi connectivity index (χ0) is 17.4. The lowest BCUT2D eigenvalue weighted by molar-refractivity contribution is 0.0315. The number of pyridine rings is 1. The maximum atomic E-state index is 12.3. The first-order valence-corrected chi connectivity index (χ1v) is 10.4. The topological polar surface area (TPSA) is 66.7 Å². The Morgan fingerprint density at radius 2 is 1.84 bits per heavy atom. The molecule has 2 fully saturated rings. The first-order valence-electron chi connectivity index (χ1n) is 8.63. The predicted octanol–water partition coefficient (Wildman–Crippen LogP) is 1.47. The summed E-state index contributed by atoms with van der Waals surface area (Å²) in [5, 5.41) is 0. The van der Waals surface area contributed by atoms with Gasteiger partial charge in [-0.15, -0.1) is 0 Å². The summed E-state index contributed by atoms with van der Waals surface area (Å²) in [6.45, 7) is 5.05. The molecule has 2 aliphatic rings. The van der Waals surface area contributed by atoms with Gasteiger partial charge < -0.3 is 4.42 Å². The van der Waals surface area contributed by atoms with Crippen LogP contribution in [0.4, 0.5) is 0 Å². The molecule has 6 nitrogen and oxygen atoms in total. The molecule has 0 bridgehead atoms. The fourth-order valence-electron chi connectivity index (χ4n) is 3.99. The van der Waals surface area contributed by atoms with Crippen LogP contribution in [-0.2, 0) is 22.9 Å². The molecule has 4 heterocycles. The second-order valence-corrected chi connectivity index (χ2v) is 9.18. The molecule has 0 aliphatic carbocycles. The number of hydrogen-bond donors (Lipinski definition) is 0. The zero-order valence-electron chi connectivity index (χ0n) is 14.3. The third-order valence-corrected chi connectivity index (χ3v) is 6.87. The second-order valence-electron chi connectivity index (χ2n) is 7.03. The largest absolute Gasteiger partial charge is 0.465 e. The van der Waals surface area contributed by atoms with Gasteiger partial charge >= 0.3 is 0 Å². The van der Waals surface area contributed by atoms with Gasteiger partial charge in [0.15, 0.2) is 9.84 Å². The standard InChI is InChI=1S/C18H23N3O3S/c1-14-4-5-16(24-14)11-21-8-7-20(10-15-3-2-6-19-9-15)17-12-25(22,23)13-18(17)21/h2-6,9,17-18H,7-8,10-13H2,1H3/t17-,18+/m1/s1. The lowest BCUT2D eigenvalue weighted by Gasteiger charge is -2.43. The van der Waals surface area contributed by atoms with Gasteiger partial charge in [0.1, 0.15) is 11.5 Å². The lowest BCUT2D eigenvalue weighted by Crippen LogP contribution is -2.58. The van der Waals surface area contributed by atoms with Crippen molar-refractivity contribution in [2.75, 3.05) is 24.6 Å². The van der Waals surface area contributed by atoms with Gasteiger partial charge in [0.05, 0.1) is 18.1 Å². The minimum absolute atomic E-state index is 0.0285. The minimum atomic E-state index is -3.00. The Kier molecular flexibility index (Phi) is 4.39. The summed E-state index contributed by atoms with van der Waals surface area (Å²) in [4.78, 5) is 8.74. The average molecular weight is 361 g/mol. The first kappa shape index (κ1) is 16.8. The quantitative estimate of drug-likeness (QED) is 0.822. The van der Waals surface area contributed by atoms with E-state index in [0.29, 0.717) is 6.54 Å². The molecular weight excluding hydrogens is 338 g/mol. The van der Waals surface area contributed by atoms with Gasteiger partial charge in [-0.05, 0) is 30.7 Å². The molecule has 0 aromatic carbocycles. The Bertz CT molecular complexity index is 834. The van der Waals surface area contributed by atoms with Crippen molar-refractivity contribution in [2.24, 2.45) is 0 Å². The van der Waals surface area contributed by atoms with Crippen molar-refractivity contribution < 1.29 is 12.8 Å². The number of sulfone groups is 1. The van der Waals surface area contributed by atoms with Crippen molar-refractivity contribution in [3.63, 3.8) is 0 Å². The summed E-state index contributed by atoms with van der Waals surface area (Å²) in [7, 11) is -3.00. The van der Waals surface area contributed by atoms with Crippen LogP contribution in [0.15, 0.2) is 41.1 Å². The number of nitrogens with zero attached hydrogens (tertiary/aromatic N) is 3. The number of aromatic nitrogens is 1. The predicted molar refractivity (Wildman–Crippen MR) is 94.7 cm³/mol. The normalized spacial score (nSPS) is 26.6. The Morgan fingerprint density at radius 1 is 1.12 bits per heavy atom. The molecular formula is C18H23N3O3S. The molecule has 0 N–H and O–H groups in total. The molecule has 2 aromatic heterocycles. The van der Waals surface area contributed by atoms with E-state index in [4.69, 9.17) is 4.42 Å². The minimum Gasteiger partial charge on any atom is -0.465 e. The highest BCUT2D eigenvalue weighted by Crippen LogP contribution is 2.29. The highest BCUT2D eigenvalue weighted by molar-refractivity contribution is 7.91. The monoisotopic (exact) mass is 361 g/mol. The number of fused-ring (bicyclic) bond motifs is 1. The summed E-state index contributed by atoms with van der Waals surface area (Å²) in [5.41, 5.74) is 1.13. The van der Waals surface area contributed by atoms with E-state index in [-0.39, 0.29) is 23.6 Å². The van der Waals surface area contributed by atoms with Crippen molar-refractivity contribution in [1.82, 2.24) is 14.8 Å². The Hall–Kier alpha value is -1.70. The van der Waals surface area contributed by atoms with E-state index >= 15 is 0 Å². The van der Waals surface area contributed by atoms with Gasteiger partial charge in [-0.1, -0.05) is 6.07 Å². The first-order chi connectivity index (χ1) is 12.0. The van der Waals surface area contributed by atoms with Crippen LogP contribution in [-0.4, -0.2) is 59.9 Å². The molecule has 4 rings (SSSR count). The molecule has 0 amide bonds. The highest BCUT2D eigenvalue weighted by Gasteiger charge is 2.46. The van der Waals surface area contributed by atoms with E-state index in [2.05, 4.69) is 14.8 Å². The van der Waals surface area contributed by atoms with Crippen molar-refractivity contribution in [3.8, 4) is 0 Å². The molecule has 0 spiro atoms. The Morgan fingerprint density at radius 3 is 2.44 bits per heavy atom. The summed E-state index contributed by atoms with van der Waals surface area (Å²) >= 11 is 0. The van der Waals surface area contributed by atoms with E-state index in [1.807, 2.05) is 37.4 Å². The van der Waals surface area contributed by atoms with Crippen LogP contribution >= 0.6 is 0 Å². The zero-order valence-corrected chi connectivity index (χ0v) is 15.2. The lowest BCUT2D eigenvalue weighted by atomic mass is 10.0. The number of furan rings is 1. The van der Waals surface area contributed by atoms with Gasteiger partial charge in [0.25, 0.3) is 0 Å². The maximum Gasteiger partial charge on any atom is 0.153 e. The second kappa shape index (κ2) is 6.55. The van der Waals surface area contributed by atoms with Gasteiger partial charge in [-0.3, -0.25) is 14.8 Å². The highest BCUT2D eigenvalue weighted by atomic mass is 32.2. The molecule has 2 atom stereocenters. The van der Waals surface area contributed by atoms with Gasteiger partial charge in [0, 0.05) is 44.1 Å². The van der Waals surface area contributed by atoms with Gasteiger partial charge in [-0.25, -0.2) is 8.42 Å². The fourth-order valence-corrected chi connectivity index (χ4v) is 6.03. The molecule has 25 heavy (non-hydrogen) atoms.